The Bertz CT molecular complexity index is 1440. The third-order valence-electron chi connectivity index (χ3n) is 6.01. The first-order chi connectivity index (χ1) is 16.9. The molecule has 0 radical (unpaired) electrons. The van der Waals surface area contributed by atoms with E-state index >= 15 is 0 Å². The predicted octanol–water partition coefficient (Wildman–Crippen LogP) is 5.67. The van der Waals surface area contributed by atoms with Crippen LogP contribution in [0, 0.1) is 0 Å². The summed E-state index contributed by atoms with van der Waals surface area (Å²) in [6.07, 6.45) is 0. The molecule has 178 valence electrons. The molecule has 2 heterocycles. The maximum absolute atomic E-state index is 12.9. The van der Waals surface area contributed by atoms with E-state index in [2.05, 4.69) is 5.32 Å². The molecule has 1 saturated heterocycles. The van der Waals surface area contributed by atoms with Crippen LogP contribution in [0.4, 0.5) is 5.69 Å². The molecule has 2 amide bonds. The summed E-state index contributed by atoms with van der Waals surface area (Å²) in [6.45, 7) is 4.52. The second-order valence-corrected chi connectivity index (χ2v) is 10.8. The zero-order valence-electron chi connectivity index (χ0n) is 19.4. The number of hydrogen-bond acceptors (Lipinski definition) is 5. The molecule has 6 nitrogen and oxygen atoms in total. The molecule has 0 unspecified atom stereocenters. The molecule has 0 aliphatic carbocycles. The normalized spacial score (nSPS) is 15.8. The average Bonchev–Trinajstić information content (AvgIpc) is 3.38. The Morgan fingerprint density at radius 2 is 1.77 bits per heavy atom. The van der Waals surface area contributed by atoms with E-state index in [0.717, 1.165) is 21.3 Å². The van der Waals surface area contributed by atoms with Gasteiger partial charge in [-0.05, 0) is 55.3 Å². The largest absolute Gasteiger partial charge is 0.322 e. The zero-order valence-corrected chi connectivity index (χ0v) is 21.1. The Kier molecular flexibility index (Phi) is 6.49. The number of fused-ring (bicyclic) bond motifs is 1. The van der Waals surface area contributed by atoms with Crippen molar-refractivity contribution in [2.75, 3.05) is 11.1 Å². The van der Waals surface area contributed by atoms with Crippen molar-refractivity contribution in [2.45, 2.75) is 31.8 Å². The van der Waals surface area contributed by atoms with E-state index in [0.29, 0.717) is 23.5 Å². The zero-order chi connectivity index (χ0) is 24.5. The summed E-state index contributed by atoms with van der Waals surface area (Å²) in [4.78, 5) is 39.6. The standard InChI is InChI=1S/C27H25N3O3S2/c1-17(2)30-22-13-12-21(14-23(22)35-27(30)33)28-25(32)19-8-10-20(11-9-19)26-29(24(31)16-34-26)15-18-6-4-3-5-7-18/h3-14,17,26H,15-16H2,1-2H3,(H,28,32)/t26-/m0/s1. The van der Waals surface area contributed by atoms with Crippen molar-refractivity contribution < 1.29 is 9.59 Å². The van der Waals surface area contributed by atoms with Crippen molar-refractivity contribution in [2.24, 2.45) is 0 Å². The highest BCUT2D eigenvalue weighted by Crippen LogP contribution is 2.39. The Morgan fingerprint density at radius 3 is 2.49 bits per heavy atom. The first-order valence-electron chi connectivity index (χ1n) is 11.4. The highest BCUT2D eigenvalue weighted by Gasteiger charge is 2.32. The van der Waals surface area contributed by atoms with Gasteiger partial charge in [-0.15, -0.1) is 11.8 Å². The van der Waals surface area contributed by atoms with Gasteiger partial charge in [0.2, 0.25) is 5.91 Å². The number of carbonyl (C=O) groups is 2. The quantitative estimate of drug-likeness (QED) is 0.368. The van der Waals surface area contributed by atoms with Crippen LogP contribution in [0.1, 0.15) is 46.7 Å². The molecule has 0 bridgehead atoms. The molecule has 1 aromatic heterocycles. The number of hydrogen-bond donors (Lipinski definition) is 1. The Labute approximate surface area is 211 Å². The summed E-state index contributed by atoms with van der Waals surface area (Å²) < 4.78 is 2.61. The average molecular weight is 504 g/mol. The van der Waals surface area contributed by atoms with Gasteiger partial charge < -0.3 is 10.2 Å². The monoisotopic (exact) mass is 503 g/mol. The van der Waals surface area contributed by atoms with E-state index in [1.54, 1.807) is 28.5 Å². The third kappa shape index (κ3) is 4.76. The van der Waals surface area contributed by atoms with Gasteiger partial charge in [0, 0.05) is 23.8 Å². The van der Waals surface area contributed by atoms with Gasteiger partial charge >= 0.3 is 4.87 Å². The SMILES string of the molecule is CC(C)n1c(=O)sc2cc(NC(=O)c3ccc([C@@H]4SCC(=O)N4Cc4ccccc4)cc3)ccc21. The van der Waals surface area contributed by atoms with Crippen molar-refractivity contribution in [1.82, 2.24) is 9.47 Å². The molecule has 0 spiro atoms. The van der Waals surface area contributed by atoms with E-state index in [9.17, 15) is 14.4 Å². The molecule has 5 rings (SSSR count). The van der Waals surface area contributed by atoms with E-state index in [1.165, 1.54) is 11.3 Å². The third-order valence-corrected chi connectivity index (χ3v) is 8.18. The minimum Gasteiger partial charge on any atom is -0.322 e. The van der Waals surface area contributed by atoms with Crippen molar-refractivity contribution >= 4 is 50.8 Å². The molecule has 1 fully saturated rings. The fourth-order valence-electron chi connectivity index (χ4n) is 4.29. The van der Waals surface area contributed by atoms with Gasteiger partial charge in [0.05, 0.1) is 16.0 Å². The van der Waals surface area contributed by atoms with E-state index in [1.807, 2.05) is 79.4 Å². The number of amides is 2. The summed E-state index contributed by atoms with van der Waals surface area (Å²) in [5.74, 6) is 0.352. The van der Waals surface area contributed by atoms with E-state index < -0.39 is 0 Å². The van der Waals surface area contributed by atoms with Crippen LogP contribution in [0.3, 0.4) is 0 Å². The molecular weight excluding hydrogens is 478 g/mol. The van der Waals surface area contributed by atoms with Crippen molar-refractivity contribution in [3.63, 3.8) is 0 Å². The van der Waals surface area contributed by atoms with Crippen LogP contribution in [-0.2, 0) is 11.3 Å². The minimum atomic E-state index is -0.220. The number of thioether (sulfide) groups is 1. The Morgan fingerprint density at radius 1 is 1.03 bits per heavy atom. The number of thiazole rings is 1. The molecular formula is C27H25N3O3S2. The maximum atomic E-state index is 12.9. The van der Waals surface area contributed by atoms with Crippen LogP contribution in [-0.4, -0.2) is 27.0 Å². The fourth-order valence-corrected chi connectivity index (χ4v) is 6.53. The highest BCUT2D eigenvalue weighted by atomic mass is 32.2. The lowest BCUT2D eigenvalue weighted by Gasteiger charge is -2.24. The summed E-state index contributed by atoms with van der Waals surface area (Å²) in [7, 11) is 0. The summed E-state index contributed by atoms with van der Waals surface area (Å²) in [5, 5.41) is 2.86. The number of rotatable bonds is 6. The van der Waals surface area contributed by atoms with Crippen LogP contribution in [0.15, 0.2) is 77.6 Å². The number of nitrogens with one attached hydrogen (secondary N) is 1. The van der Waals surface area contributed by atoms with E-state index in [-0.39, 0.29) is 28.1 Å². The lowest BCUT2D eigenvalue weighted by molar-refractivity contribution is -0.128. The molecule has 1 N–H and O–H groups in total. The van der Waals surface area contributed by atoms with Gasteiger partial charge in [-0.2, -0.15) is 0 Å². The van der Waals surface area contributed by atoms with Gasteiger partial charge in [0.1, 0.15) is 5.37 Å². The van der Waals surface area contributed by atoms with Gasteiger partial charge in [-0.3, -0.25) is 19.0 Å². The summed E-state index contributed by atoms with van der Waals surface area (Å²) >= 11 is 2.79. The second-order valence-electron chi connectivity index (χ2n) is 8.76. The van der Waals surface area contributed by atoms with Gasteiger partial charge in [-0.1, -0.05) is 53.8 Å². The fraction of sp³-hybridized carbons (Fsp3) is 0.222. The van der Waals surface area contributed by atoms with Crippen molar-refractivity contribution in [1.29, 1.82) is 0 Å². The van der Waals surface area contributed by atoms with Gasteiger partial charge in [0.25, 0.3) is 5.91 Å². The highest BCUT2D eigenvalue weighted by molar-refractivity contribution is 8.00. The molecule has 4 aromatic rings. The minimum absolute atomic E-state index is 0.00126. The van der Waals surface area contributed by atoms with Gasteiger partial charge in [-0.25, -0.2) is 0 Å². The number of anilines is 1. The molecule has 1 aliphatic heterocycles. The summed E-state index contributed by atoms with van der Waals surface area (Å²) in [6, 6.07) is 23.0. The Hall–Kier alpha value is -3.36. The Balaban J connectivity index is 1.31. The van der Waals surface area contributed by atoms with E-state index in [4.69, 9.17) is 0 Å². The van der Waals surface area contributed by atoms with Crippen LogP contribution in [0.2, 0.25) is 0 Å². The van der Waals surface area contributed by atoms with Crippen LogP contribution < -0.4 is 10.2 Å². The van der Waals surface area contributed by atoms with Gasteiger partial charge in [0.15, 0.2) is 0 Å². The van der Waals surface area contributed by atoms with Crippen LogP contribution in [0.5, 0.6) is 0 Å². The number of nitrogens with zero attached hydrogens (tertiary/aromatic N) is 2. The van der Waals surface area contributed by atoms with Crippen LogP contribution in [0.25, 0.3) is 10.2 Å². The molecule has 3 aromatic carbocycles. The number of aromatic nitrogens is 1. The maximum Gasteiger partial charge on any atom is 0.308 e. The second kappa shape index (κ2) is 9.71. The predicted molar refractivity (Wildman–Crippen MR) is 143 cm³/mol. The molecule has 35 heavy (non-hydrogen) atoms. The topological polar surface area (TPSA) is 71.4 Å². The lowest BCUT2D eigenvalue weighted by atomic mass is 10.1. The molecule has 1 aliphatic rings. The molecule has 0 saturated carbocycles. The first-order valence-corrected chi connectivity index (χ1v) is 13.3. The van der Waals surface area contributed by atoms with Crippen molar-refractivity contribution in [3.05, 3.63) is 99.2 Å². The first kappa shape index (κ1) is 23.4. The summed E-state index contributed by atoms with van der Waals surface area (Å²) in [5.41, 5.74) is 4.14. The number of benzene rings is 3. The van der Waals surface area contributed by atoms with Crippen LogP contribution >= 0.6 is 23.1 Å². The smallest absolute Gasteiger partial charge is 0.308 e. The number of carbonyl (C=O) groups excluding carboxylic acids is 2. The lowest BCUT2D eigenvalue weighted by Crippen LogP contribution is -2.27. The molecule has 8 heteroatoms. The van der Waals surface area contributed by atoms with Crippen molar-refractivity contribution in [3.8, 4) is 0 Å². The molecule has 1 atom stereocenters.